The molecule has 7 heteroatoms. The molecule has 1 saturated heterocycles. The van der Waals surface area contributed by atoms with E-state index in [1.54, 1.807) is 4.68 Å². The zero-order valence-electron chi connectivity index (χ0n) is 13.0. The fraction of sp³-hybridized carbons (Fsp3) is 0.688. The van der Waals surface area contributed by atoms with Gasteiger partial charge in [0.2, 0.25) is 0 Å². The van der Waals surface area contributed by atoms with Crippen LogP contribution in [0.4, 0.5) is 0 Å². The third kappa shape index (κ3) is 2.63. The minimum absolute atomic E-state index is 0.0513. The van der Waals surface area contributed by atoms with E-state index in [-0.39, 0.29) is 17.5 Å². The number of aromatic carboxylic acids is 1. The van der Waals surface area contributed by atoms with Crippen molar-refractivity contribution in [1.82, 2.24) is 14.7 Å². The zero-order chi connectivity index (χ0) is 16.0. The molecule has 0 radical (unpaired) electrons. The Morgan fingerprint density at radius 3 is 2.61 bits per heavy atom. The first-order valence-electron chi connectivity index (χ1n) is 8.36. The summed E-state index contributed by atoms with van der Waals surface area (Å²) in [6.07, 6.45) is 3.87. The number of carboxylic acid groups (broad SMARTS) is 1. The summed E-state index contributed by atoms with van der Waals surface area (Å²) in [6, 6.07) is 0. The number of carbonyl (C=O) groups is 2. The predicted octanol–water partition coefficient (Wildman–Crippen LogP) is 1.34. The van der Waals surface area contributed by atoms with Gasteiger partial charge >= 0.3 is 5.97 Å². The van der Waals surface area contributed by atoms with Crippen molar-refractivity contribution in [2.45, 2.75) is 38.1 Å². The van der Waals surface area contributed by atoms with Crippen LogP contribution in [0.15, 0.2) is 0 Å². The molecular weight excluding hydrogens is 298 g/mol. The minimum Gasteiger partial charge on any atom is -0.476 e. The summed E-state index contributed by atoms with van der Waals surface area (Å²) in [5.41, 5.74) is 1.26. The number of hydrogen-bond acceptors (Lipinski definition) is 4. The van der Waals surface area contributed by atoms with Gasteiger partial charge in [0, 0.05) is 31.9 Å². The summed E-state index contributed by atoms with van der Waals surface area (Å²) in [6.45, 7) is 3.45. The first kappa shape index (κ1) is 14.7. The van der Waals surface area contributed by atoms with E-state index in [1.807, 2.05) is 4.90 Å². The molecule has 1 N–H and O–H groups in total. The monoisotopic (exact) mass is 319 g/mol. The Balaban J connectivity index is 1.61. The first-order chi connectivity index (χ1) is 11.1. The average Bonchev–Trinajstić information content (AvgIpc) is 3.31. The minimum atomic E-state index is -1.03. The van der Waals surface area contributed by atoms with Crippen LogP contribution in [0.2, 0.25) is 0 Å². The highest BCUT2D eigenvalue weighted by molar-refractivity contribution is 5.99. The molecule has 3 aliphatic rings. The van der Waals surface area contributed by atoms with Crippen molar-refractivity contribution < 1.29 is 19.4 Å². The third-order valence-corrected chi connectivity index (χ3v) is 5.07. The van der Waals surface area contributed by atoms with Crippen LogP contribution in [-0.2, 0) is 11.3 Å². The lowest BCUT2D eigenvalue weighted by Crippen LogP contribution is -2.44. The lowest BCUT2D eigenvalue weighted by Gasteiger charge is -2.32. The summed E-state index contributed by atoms with van der Waals surface area (Å²) in [5.74, 6) is -0.412. The van der Waals surface area contributed by atoms with Crippen LogP contribution >= 0.6 is 0 Å². The normalized spacial score (nSPS) is 22.3. The summed E-state index contributed by atoms with van der Waals surface area (Å²) in [5, 5.41) is 13.6. The molecule has 1 aromatic heterocycles. The van der Waals surface area contributed by atoms with E-state index in [2.05, 4.69) is 5.10 Å². The van der Waals surface area contributed by atoms with E-state index in [9.17, 15) is 14.7 Å². The van der Waals surface area contributed by atoms with Crippen molar-refractivity contribution in [2.24, 2.45) is 5.92 Å². The molecule has 2 fully saturated rings. The largest absolute Gasteiger partial charge is 0.476 e. The lowest BCUT2D eigenvalue weighted by molar-refractivity contribution is 0.0420. The molecule has 7 nitrogen and oxygen atoms in total. The third-order valence-electron chi connectivity index (χ3n) is 5.07. The van der Waals surface area contributed by atoms with Gasteiger partial charge in [-0.25, -0.2) is 4.79 Å². The predicted molar refractivity (Wildman–Crippen MR) is 80.6 cm³/mol. The van der Waals surface area contributed by atoms with Crippen molar-refractivity contribution in [3.8, 4) is 0 Å². The Kier molecular flexibility index (Phi) is 3.60. The number of aromatic nitrogens is 2. The van der Waals surface area contributed by atoms with Gasteiger partial charge in [-0.15, -0.1) is 0 Å². The van der Waals surface area contributed by atoms with Gasteiger partial charge in [0.15, 0.2) is 5.69 Å². The van der Waals surface area contributed by atoms with Crippen molar-refractivity contribution in [3.05, 3.63) is 17.0 Å². The van der Waals surface area contributed by atoms with Crippen LogP contribution in [0.5, 0.6) is 0 Å². The molecule has 0 aromatic carbocycles. The first-order valence-corrected chi connectivity index (χ1v) is 8.36. The standard InChI is InChI=1S/C16H21N3O4/c20-15-14-12(11-1-2-11)13(16(21)22)17-19(14)6-5-18(15)9-10-3-7-23-8-4-10/h10-11H,1-9H2,(H,21,22). The molecule has 0 atom stereocenters. The number of rotatable bonds is 4. The molecule has 3 heterocycles. The summed E-state index contributed by atoms with van der Waals surface area (Å²) in [4.78, 5) is 26.3. The number of ether oxygens (including phenoxy) is 1. The Morgan fingerprint density at radius 2 is 1.96 bits per heavy atom. The van der Waals surface area contributed by atoms with Crippen molar-refractivity contribution in [3.63, 3.8) is 0 Å². The number of amides is 1. The van der Waals surface area contributed by atoms with Gasteiger partial charge in [-0.05, 0) is 37.5 Å². The Morgan fingerprint density at radius 1 is 1.22 bits per heavy atom. The Labute approximate surface area is 134 Å². The zero-order valence-corrected chi connectivity index (χ0v) is 13.0. The molecule has 23 heavy (non-hydrogen) atoms. The molecule has 0 bridgehead atoms. The van der Waals surface area contributed by atoms with Crippen LogP contribution < -0.4 is 0 Å². The molecule has 1 aliphatic carbocycles. The molecule has 1 amide bonds. The second-order valence-corrected chi connectivity index (χ2v) is 6.72. The van der Waals surface area contributed by atoms with Gasteiger partial charge in [0.25, 0.3) is 5.91 Å². The molecule has 4 rings (SSSR count). The Hall–Kier alpha value is -1.89. The van der Waals surface area contributed by atoms with Gasteiger partial charge in [-0.3, -0.25) is 9.48 Å². The highest BCUT2D eigenvalue weighted by atomic mass is 16.5. The molecule has 0 spiro atoms. The van der Waals surface area contributed by atoms with Crippen LogP contribution in [-0.4, -0.2) is 58.0 Å². The van der Waals surface area contributed by atoms with Crippen LogP contribution in [0, 0.1) is 5.92 Å². The number of fused-ring (bicyclic) bond motifs is 1. The highest BCUT2D eigenvalue weighted by Gasteiger charge is 2.40. The maximum absolute atomic E-state index is 12.9. The van der Waals surface area contributed by atoms with E-state index < -0.39 is 5.97 Å². The van der Waals surface area contributed by atoms with Gasteiger partial charge in [-0.1, -0.05) is 0 Å². The van der Waals surface area contributed by atoms with Gasteiger partial charge in [0.1, 0.15) is 5.69 Å². The van der Waals surface area contributed by atoms with Crippen molar-refractivity contribution in [1.29, 1.82) is 0 Å². The highest BCUT2D eigenvalue weighted by Crippen LogP contribution is 2.44. The van der Waals surface area contributed by atoms with Gasteiger partial charge in [-0.2, -0.15) is 5.10 Å². The smallest absolute Gasteiger partial charge is 0.356 e. The molecule has 2 aliphatic heterocycles. The molecule has 1 aromatic rings. The molecule has 0 unspecified atom stereocenters. The van der Waals surface area contributed by atoms with E-state index in [0.717, 1.165) is 45.4 Å². The van der Waals surface area contributed by atoms with Crippen LogP contribution in [0.1, 0.15) is 58.1 Å². The molecular formula is C16H21N3O4. The molecule has 124 valence electrons. The number of carbonyl (C=O) groups excluding carboxylic acids is 1. The summed E-state index contributed by atoms with van der Waals surface area (Å²) < 4.78 is 6.99. The maximum atomic E-state index is 12.9. The number of carboxylic acids is 1. The fourth-order valence-corrected chi connectivity index (χ4v) is 3.66. The Bertz CT molecular complexity index is 644. The summed E-state index contributed by atoms with van der Waals surface area (Å²) >= 11 is 0. The van der Waals surface area contributed by atoms with Crippen molar-refractivity contribution in [2.75, 3.05) is 26.3 Å². The van der Waals surface area contributed by atoms with Crippen LogP contribution in [0.25, 0.3) is 0 Å². The quantitative estimate of drug-likeness (QED) is 0.905. The van der Waals surface area contributed by atoms with E-state index in [0.29, 0.717) is 30.3 Å². The van der Waals surface area contributed by atoms with Gasteiger partial charge < -0.3 is 14.7 Å². The number of hydrogen-bond donors (Lipinski definition) is 1. The second kappa shape index (κ2) is 5.63. The van der Waals surface area contributed by atoms with E-state index >= 15 is 0 Å². The SMILES string of the molecule is O=C(O)c1nn2c(c1C1CC1)C(=O)N(CC1CCOCC1)CC2. The molecule has 1 saturated carbocycles. The van der Waals surface area contributed by atoms with E-state index in [1.165, 1.54) is 0 Å². The van der Waals surface area contributed by atoms with Crippen molar-refractivity contribution >= 4 is 11.9 Å². The number of nitrogens with zero attached hydrogens (tertiary/aromatic N) is 3. The fourth-order valence-electron chi connectivity index (χ4n) is 3.66. The second-order valence-electron chi connectivity index (χ2n) is 6.72. The van der Waals surface area contributed by atoms with Gasteiger partial charge in [0.05, 0.1) is 6.54 Å². The summed E-state index contributed by atoms with van der Waals surface area (Å²) in [7, 11) is 0. The topological polar surface area (TPSA) is 84.7 Å². The average molecular weight is 319 g/mol. The lowest BCUT2D eigenvalue weighted by atomic mass is 9.98. The maximum Gasteiger partial charge on any atom is 0.356 e. The van der Waals surface area contributed by atoms with E-state index in [4.69, 9.17) is 4.74 Å². The van der Waals surface area contributed by atoms with Crippen LogP contribution in [0.3, 0.4) is 0 Å².